The molecule has 1 aliphatic heterocycles. The van der Waals surface area contributed by atoms with E-state index in [1.54, 1.807) is 43.5 Å². The number of hydrogen-bond acceptors (Lipinski definition) is 7. The number of nitrogens with one attached hydrogen (secondary N) is 1. The third kappa shape index (κ3) is 7.68. The Morgan fingerprint density at radius 2 is 1.85 bits per heavy atom. The molecule has 1 fully saturated rings. The van der Waals surface area contributed by atoms with Crippen molar-refractivity contribution in [1.29, 1.82) is 0 Å². The molecule has 0 radical (unpaired) electrons. The van der Waals surface area contributed by atoms with Gasteiger partial charge in [-0.3, -0.25) is 4.79 Å². The van der Waals surface area contributed by atoms with Gasteiger partial charge in [-0.05, 0) is 43.2 Å². The molecule has 34 heavy (non-hydrogen) atoms. The second-order valence-corrected chi connectivity index (χ2v) is 10.5. The molecule has 1 saturated heterocycles. The fourth-order valence-electron chi connectivity index (χ4n) is 2.87. The van der Waals surface area contributed by atoms with Crippen LogP contribution in [0.2, 0.25) is 0 Å². The summed E-state index contributed by atoms with van der Waals surface area (Å²) < 4.78 is 64.1. The highest BCUT2D eigenvalue weighted by Crippen LogP contribution is 2.27. The first kappa shape index (κ1) is 27.6. The Kier molecular flexibility index (Phi) is 9.44. The number of thiophene rings is 1. The van der Waals surface area contributed by atoms with Crippen LogP contribution < -0.4 is 15.8 Å². The maximum Gasteiger partial charge on any atom is 0.490 e. The summed E-state index contributed by atoms with van der Waals surface area (Å²) in [5.41, 5.74) is 6.34. The molecule has 0 aliphatic carbocycles. The van der Waals surface area contributed by atoms with Crippen molar-refractivity contribution < 1.29 is 41.0 Å². The Bertz CT molecular complexity index is 1100. The van der Waals surface area contributed by atoms with E-state index in [9.17, 15) is 26.4 Å². The van der Waals surface area contributed by atoms with Gasteiger partial charge in [-0.2, -0.15) is 17.5 Å². The van der Waals surface area contributed by atoms with Gasteiger partial charge >= 0.3 is 12.1 Å². The number of alkyl halides is 3. The first-order valence-corrected chi connectivity index (χ1v) is 12.2. The summed E-state index contributed by atoms with van der Waals surface area (Å²) in [5.74, 6) is -2.39. The van der Waals surface area contributed by atoms with E-state index in [-0.39, 0.29) is 18.5 Å². The van der Waals surface area contributed by atoms with E-state index >= 15 is 0 Å². The maximum absolute atomic E-state index is 12.7. The number of benzene rings is 1. The third-order valence-corrected chi connectivity index (χ3v) is 8.18. The number of carbonyl (C=O) groups is 2. The molecule has 1 aromatic heterocycles. The molecule has 188 valence electrons. The Hall–Kier alpha value is -2.68. The van der Waals surface area contributed by atoms with E-state index < -0.39 is 22.2 Å². The zero-order valence-electron chi connectivity index (χ0n) is 18.0. The SMILES string of the molecule is COc1cccc(C(=O)NCc2ccc(S(=O)(=O)N3CCC(N)CC3)s2)c1.O=C(O)C(F)(F)F. The Labute approximate surface area is 198 Å². The van der Waals surface area contributed by atoms with Crippen LogP contribution in [0.15, 0.2) is 40.6 Å². The largest absolute Gasteiger partial charge is 0.497 e. The molecule has 1 aliphatic rings. The molecular formula is C20H24F3N3O6S2. The number of aliphatic carboxylic acids is 1. The lowest BCUT2D eigenvalue weighted by molar-refractivity contribution is -0.192. The number of sulfonamides is 1. The quantitative estimate of drug-likeness (QED) is 0.529. The molecule has 0 spiro atoms. The Morgan fingerprint density at radius 3 is 2.41 bits per heavy atom. The number of amides is 1. The average Bonchev–Trinajstić information content (AvgIpc) is 3.27. The number of rotatable bonds is 6. The number of nitrogens with two attached hydrogens (primary N) is 1. The topological polar surface area (TPSA) is 139 Å². The zero-order chi connectivity index (χ0) is 25.5. The van der Waals surface area contributed by atoms with Gasteiger partial charge in [0, 0.05) is 29.6 Å². The van der Waals surface area contributed by atoms with Gasteiger partial charge in [-0.15, -0.1) is 11.3 Å². The van der Waals surface area contributed by atoms with Crippen molar-refractivity contribution in [2.24, 2.45) is 5.73 Å². The summed E-state index contributed by atoms with van der Waals surface area (Å²) >= 11 is 1.18. The Morgan fingerprint density at radius 1 is 1.24 bits per heavy atom. The van der Waals surface area contributed by atoms with Crippen LogP contribution in [0.1, 0.15) is 28.1 Å². The van der Waals surface area contributed by atoms with E-state index in [2.05, 4.69) is 5.32 Å². The minimum atomic E-state index is -5.08. The van der Waals surface area contributed by atoms with E-state index in [0.29, 0.717) is 41.5 Å². The number of piperidine rings is 1. The number of halogens is 3. The minimum absolute atomic E-state index is 0.0715. The molecule has 2 aromatic rings. The second-order valence-electron chi connectivity index (χ2n) is 7.18. The summed E-state index contributed by atoms with van der Waals surface area (Å²) in [5, 5.41) is 9.93. The number of ether oxygens (including phenoxy) is 1. The monoisotopic (exact) mass is 523 g/mol. The molecular weight excluding hydrogens is 499 g/mol. The van der Waals surface area contributed by atoms with Crippen LogP contribution in [0.25, 0.3) is 0 Å². The van der Waals surface area contributed by atoms with E-state index in [1.165, 1.54) is 15.6 Å². The second kappa shape index (κ2) is 11.6. The number of carboxylic acids is 1. The number of hydrogen-bond donors (Lipinski definition) is 3. The van der Waals surface area contributed by atoms with Gasteiger partial charge in [0.25, 0.3) is 15.9 Å². The predicted octanol–water partition coefficient (Wildman–Crippen LogP) is 2.43. The van der Waals surface area contributed by atoms with Gasteiger partial charge in [-0.1, -0.05) is 6.07 Å². The van der Waals surface area contributed by atoms with Gasteiger partial charge in [-0.25, -0.2) is 13.2 Å². The van der Waals surface area contributed by atoms with Gasteiger partial charge in [0.1, 0.15) is 9.96 Å². The van der Waals surface area contributed by atoms with Crippen molar-refractivity contribution in [2.45, 2.75) is 35.8 Å². The smallest absolute Gasteiger partial charge is 0.490 e. The van der Waals surface area contributed by atoms with Crippen molar-refractivity contribution in [3.05, 3.63) is 46.8 Å². The normalized spacial score (nSPS) is 15.2. The number of nitrogens with zero attached hydrogens (tertiary/aromatic N) is 1. The van der Waals surface area contributed by atoms with Crippen LogP contribution >= 0.6 is 11.3 Å². The first-order chi connectivity index (χ1) is 15.8. The molecule has 4 N–H and O–H groups in total. The minimum Gasteiger partial charge on any atom is -0.497 e. The molecule has 14 heteroatoms. The van der Waals surface area contributed by atoms with Crippen molar-refractivity contribution in [2.75, 3.05) is 20.2 Å². The molecule has 0 atom stereocenters. The lowest BCUT2D eigenvalue weighted by Crippen LogP contribution is -2.42. The van der Waals surface area contributed by atoms with Crippen LogP contribution in [-0.4, -0.2) is 62.1 Å². The molecule has 3 rings (SSSR count). The highest BCUT2D eigenvalue weighted by atomic mass is 32.2. The highest BCUT2D eigenvalue weighted by Gasteiger charge is 2.38. The zero-order valence-corrected chi connectivity index (χ0v) is 19.7. The third-order valence-electron chi connectivity index (χ3n) is 4.73. The molecule has 0 saturated carbocycles. The molecule has 1 amide bonds. The fourth-order valence-corrected chi connectivity index (χ4v) is 5.79. The van der Waals surface area contributed by atoms with E-state index in [1.807, 2.05) is 0 Å². The Balaban J connectivity index is 0.000000509. The van der Waals surface area contributed by atoms with Gasteiger partial charge in [0.05, 0.1) is 13.7 Å². The summed E-state index contributed by atoms with van der Waals surface area (Å²) in [6, 6.07) is 10.3. The van der Waals surface area contributed by atoms with Crippen LogP contribution in [0.3, 0.4) is 0 Å². The fraction of sp³-hybridized carbons (Fsp3) is 0.400. The van der Waals surface area contributed by atoms with Gasteiger partial charge in [0.15, 0.2) is 0 Å². The molecule has 0 unspecified atom stereocenters. The van der Waals surface area contributed by atoms with Gasteiger partial charge < -0.3 is 20.9 Å². The number of carboxylic acid groups (broad SMARTS) is 1. The van der Waals surface area contributed by atoms with Crippen molar-refractivity contribution in [3.8, 4) is 5.75 Å². The van der Waals surface area contributed by atoms with Crippen LogP contribution in [0, 0.1) is 0 Å². The lowest BCUT2D eigenvalue weighted by Gasteiger charge is -2.28. The highest BCUT2D eigenvalue weighted by molar-refractivity contribution is 7.91. The standard InChI is InChI=1S/C18H23N3O4S2.C2HF3O2/c1-25-15-4-2-3-13(11-15)18(22)20-12-16-5-6-17(26-16)27(23,24)21-9-7-14(19)8-10-21;3-2(4,5)1(6)7/h2-6,11,14H,7-10,12,19H2,1H3,(H,20,22);(H,6,7). The predicted molar refractivity (Wildman–Crippen MR) is 118 cm³/mol. The number of carbonyl (C=O) groups excluding carboxylic acids is 1. The van der Waals surface area contributed by atoms with Crippen molar-refractivity contribution in [3.63, 3.8) is 0 Å². The van der Waals surface area contributed by atoms with Crippen molar-refractivity contribution in [1.82, 2.24) is 9.62 Å². The summed E-state index contributed by atoms with van der Waals surface area (Å²) in [7, 11) is -1.95. The average molecular weight is 524 g/mol. The molecule has 2 heterocycles. The summed E-state index contributed by atoms with van der Waals surface area (Å²) in [6.45, 7) is 1.16. The van der Waals surface area contributed by atoms with Crippen LogP contribution in [0.5, 0.6) is 5.75 Å². The van der Waals surface area contributed by atoms with Crippen molar-refractivity contribution >= 4 is 33.2 Å². The number of methoxy groups -OCH3 is 1. The first-order valence-electron chi connectivity index (χ1n) is 9.91. The van der Waals surface area contributed by atoms with Gasteiger partial charge in [0.2, 0.25) is 0 Å². The molecule has 9 nitrogen and oxygen atoms in total. The van der Waals surface area contributed by atoms with E-state index in [0.717, 1.165) is 4.88 Å². The molecule has 1 aromatic carbocycles. The summed E-state index contributed by atoms with van der Waals surface area (Å²) in [4.78, 5) is 21.9. The van der Waals surface area contributed by atoms with Crippen LogP contribution in [0.4, 0.5) is 13.2 Å². The maximum atomic E-state index is 12.7. The summed E-state index contributed by atoms with van der Waals surface area (Å²) in [6.07, 6.45) is -3.73. The van der Waals surface area contributed by atoms with Crippen LogP contribution in [-0.2, 0) is 21.4 Å². The molecule has 0 bridgehead atoms. The van der Waals surface area contributed by atoms with E-state index in [4.69, 9.17) is 20.4 Å². The lowest BCUT2D eigenvalue weighted by atomic mass is 10.1.